The van der Waals surface area contributed by atoms with Crippen LogP contribution >= 0.6 is 0 Å². The van der Waals surface area contributed by atoms with E-state index in [4.69, 9.17) is 28.1 Å². The summed E-state index contributed by atoms with van der Waals surface area (Å²) in [5, 5.41) is 4.65. The lowest BCUT2D eigenvalue weighted by Gasteiger charge is -2.36. The molecule has 0 saturated carbocycles. The minimum atomic E-state index is -0.555. The highest BCUT2D eigenvalue weighted by Crippen LogP contribution is 2.41. The minimum absolute atomic E-state index is 0.370. The van der Waals surface area contributed by atoms with Gasteiger partial charge in [-0.25, -0.2) is 0 Å². The zero-order valence-electron chi connectivity index (χ0n) is 36.0. The van der Waals surface area contributed by atoms with Gasteiger partial charge >= 0.3 is 14.2 Å². The number of rotatable bonds is 10. The molecule has 8 rings (SSSR count). The molecule has 2 saturated heterocycles. The number of benzene rings is 6. The summed E-state index contributed by atoms with van der Waals surface area (Å²) in [6, 6.07) is 39.0. The van der Waals surface area contributed by atoms with Crippen LogP contribution in [0.3, 0.4) is 0 Å². The zero-order chi connectivity index (χ0) is 41.2. The SMILES string of the molecule is COc1ccc(-c2ccc3cc(B4OC(C)(C)C(C)(CCOc5ccc(-c6ccc7cc(B8OC(C)(C)C(C)(C)O8)ccc7c6)cc5C)O4)ccc3c2)cc1C(C)C. The second-order valence-corrected chi connectivity index (χ2v) is 18.2. The summed E-state index contributed by atoms with van der Waals surface area (Å²) in [6.45, 7) is 21.7. The van der Waals surface area contributed by atoms with Crippen LogP contribution in [0.15, 0.2) is 109 Å². The van der Waals surface area contributed by atoms with Crippen molar-refractivity contribution in [2.24, 2.45) is 0 Å². The second-order valence-electron chi connectivity index (χ2n) is 18.2. The molecule has 0 aromatic heterocycles. The van der Waals surface area contributed by atoms with Gasteiger partial charge in [-0.1, -0.05) is 86.6 Å². The van der Waals surface area contributed by atoms with Crippen molar-refractivity contribution in [2.45, 2.75) is 104 Å². The van der Waals surface area contributed by atoms with Gasteiger partial charge in [0.15, 0.2) is 0 Å². The van der Waals surface area contributed by atoms with Crippen LogP contribution in [0.5, 0.6) is 11.5 Å². The maximum absolute atomic E-state index is 6.76. The Kier molecular flexibility index (Phi) is 10.3. The number of methoxy groups -OCH3 is 1. The molecule has 6 aromatic rings. The fourth-order valence-electron chi connectivity index (χ4n) is 8.16. The average molecular weight is 775 g/mol. The Bertz CT molecular complexity index is 2490. The average Bonchev–Trinajstić information content (AvgIpc) is 3.57. The Hall–Kier alpha value is -4.59. The highest BCUT2D eigenvalue weighted by molar-refractivity contribution is 6.62. The minimum Gasteiger partial charge on any atom is -0.496 e. The lowest BCUT2D eigenvalue weighted by molar-refractivity contribution is -0.0235. The van der Waals surface area contributed by atoms with E-state index in [1.807, 2.05) is 0 Å². The van der Waals surface area contributed by atoms with Crippen molar-refractivity contribution >= 4 is 46.7 Å². The predicted molar refractivity (Wildman–Crippen MR) is 240 cm³/mol. The van der Waals surface area contributed by atoms with Crippen LogP contribution in [-0.4, -0.2) is 50.4 Å². The van der Waals surface area contributed by atoms with Gasteiger partial charge in [-0.05, 0) is 164 Å². The van der Waals surface area contributed by atoms with E-state index < -0.39 is 18.3 Å². The summed E-state index contributed by atoms with van der Waals surface area (Å²) in [7, 11) is 0.881. The summed E-state index contributed by atoms with van der Waals surface area (Å²) in [4.78, 5) is 0. The van der Waals surface area contributed by atoms with Crippen molar-refractivity contribution in [3.63, 3.8) is 0 Å². The van der Waals surface area contributed by atoms with Gasteiger partial charge in [-0.15, -0.1) is 0 Å². The van der Waals surface area contributed by atoms with Crippen molar-refractivity contribution in [1.29, 1.82) is 0 Å². The summed E-state index contributed by atoms with van der Waals surface area (Å²) >= 11 is 0. The maximum Gasteiger partial charge on any atom is 0.494 e. The Morgan fingerprint density at radius 1 is 0.517 bits per heavy atom. The molecule has 1 atom stereocenters. The van der Waals surface area contributed by atoms with Crippen molar-refractivity contribution in [2.75, 3.05) is 13.7 Å². The van der Waals surface area contributed by atoms with Crippen LogP contribution in [0.1, 0.15) is 85.8 Å². The molecule has 2 aliphatic rings. The van der Waals surface area contributed by atoms with Crippen molar-refractivity contribution in [1.82, 2.24) is 0 Å². The molecule has 0 spiro atoms. The summed E-state index contributed by atoms with van der Waals surface area (Å²) < 4.78 is 38.0. The van der Waals surface area contributed by atoms with Crippen molar-refractivity contribution in [3.8, 4) is 33.8 Å². The Morgan fingerprint density at radius 2 is 0.966 bits per heavy atom. The lowest BCUT2D eigenvalue weighted by atomic mass is 9.78. The smallest absolute Gasteiger partial charge is 0.494 e. The maximum atomic E-state index is 6.76. The Balaban J connectivity index is 0.912. The molecule has 0 bridgehead atoms. The molecular weight excluding hydrogens is 718 g/mol. The molecule has 6 nitrogen and oxygen atoms in total. The quantitative estimate of drug-likeness (QED) is 0.129. The van der Waals surface area contributed by atoms with E-state index in [-0.39, 0.29) is 18.3 Å². The molecule has 0 aliphatic carbocycles. The standard InChI is InChI=1S/C50H56B2O6/c1-32(2)44-31-41(19-23-46(44)53-11)36-13-15-40-30-43(21-17-38(40)28-36)52-57-49(8,9)50(10,58-52)24-25-54-45-22-18-34(26-33(45)3)35-12-14-39-29-42(20-16-37(39)27-35)51-55-47(4,5)48(6,7)56-51/h12-23,26-32H,24-25H2,1-11H3. The number of hydrogen-bond donors (Lipinski definition) is 0. The van der Waals surface area contributed by atoms with Crippen LogP contribution in [0.4, 0.5) is 0 Å². The van der Waals surface area contributed by atoms with Crippen molar-refractivity contribution < 1.29 is 28.1 Å². The van der Waals surface area contributed by atoms with E-state index in [2.05, 4.69) is 178 Å². The molecule has 2 heterocycles. The van der Waals surface area contributed by atoms with Crippen LogP contribution in [0, 0.1) is 6.92 Å². The highest BCUT2D eigenvalue weighted by Gasteiger charge is 2.54. The molecule has 6 aromatic carbocycles. The molecule has 2 fully saturated rings. The topological polar surface area (TPSA) is 55.4 Å². The third-order valence-corrected chi connectivity index (χ3v) is 13.1. The zero-order valence-corrected chi connectivity index (χ0v) is 36.0. The molecule has 0 N–H and O–H groups in total. The molecule has 298 valence electrons. The Labute approximate surface area is 345 Å². The molecule has 0 radical (unpaired) electrons. The van der Waals surface area contributed by atoms with E-state index in [1.54, 1.807) is 7.11 Å². The second kappa shape index (κ2) is 14.9. The molecule has 58 heavy (non-hydrogen) atoms. The molecule has 1 unspecified atom stereocenters. The number of aryl methyl sites for hydroxylation is 1. The third-order valence-electron chi connectivity index (χ3n) is 13.1. The first kappa shape index (κ1) is 40.2. The van der Waals surface area contributed by atoms with Crippen LogP contribution in [0.2, 0.25) is 0 Å². The summed E-state index contributed by atoms with van der Waals surface area (Å²) in [5.74, 6) is 2.17. The summed E-state index contributed by atoms with van der Waals surface area (Å²) in [6.07, 6.45) is 0.674. The largest absolute Gasteiger partial charge is 0.496 e. The van der Waals surface area contributed by atoms with E-state index in [0.717, 1.165) is 49.9 Å². The number of fused-ring (bicyclic) bond motifs is 2. The van der Waals surface area contributed by atoms with Gasteiger partial charge in [0.2, 0.25) is 0 Å². The van der Waals surface area contributed by atoms with Gasteiger partial charge in [0.05, 0.1) is 36.1 Å². The summed E-state index contributed by atoms with van der Waals surface area (Å²) in [5.41, 5.74) is 7.20. The van der Waals surface area contributed by atoms with Crippen LogP contribution < -0.4 is 20.4 Å². The first-order valence-corrected chi connectivity index (χ1v) is 20.7. The van der Waals surface area contributed by atoms with Gasteiger partial charge in [-0.3, -0.25) is 0 Å². The predicted octanol–water partition coefficient (Wildman–Crippen LogP) is 10.8. The lowest BCUT2D eigenvalue weighted by Crippen LogP contribution is -2.45. The Morgan fingerprint density at radius 3 is 1.50 bits per heavy atom. The van der Waals surface area contributed by atoms with E-state index in [0.29, 0.717) is 18.9 Å². The number of ether oxygens (including phenoxy) is 2. The van der Waals surface area contributed by atoms with Gasteiger partial charge < -0.3 is 28.1 Å². The molecule has 2 aliphatic heterocycles. The van der Waals surface area contributed by atoms with Gasteiger partial charge in [0.1, 0.15) is 11.5 Å². The molecule has 0 amide bonds. The van der Waals surface area contributed by atoms with Gasteiger partial charge in [-0.2, -0.15) is 0 Å². The monoisotopic (exact) mass is 774 g/mol. The number of hydrogen-bond acceptors (Lipinski definition) is 6. The highest BCUT2D eigenvalue weighted by atomic mass is 16.7. The normalized spacial score (nSPS) is 19.7. The molecule has 8 heteroatoms. The van der Waals surface area contributed by atoms with E-state index in [9.17, 15) is 0 Å². The molecular formula is C50H56B2O6. The first-order valence-electron chi connectivity index (χ1n) is 20.7. The van der Waals surface area contributed by atoms with Gasteiger partial charge in [0.25, 0.3) is 0 Å². The first-order chi connectivity index (χ1) is 27.5. The fourth-order valence-corrected chi connectivity index (χ4v) is 8.16. The van der Waals surface area contributed by atoms with Crippen molar-refractivity contribution in [3.05, 3.63) is 120 Å². The van der Waals surface area contributed by atoms with E-state index >= 15 is 0 Å². The third kappa shape index (κ3) is 7.45. The fraction of sp³-hybridized carbons (Fsp3) is 0.360. The van der Waals surface area contributed by atoms with Crippen LogP contribution in [0.25, 0.3) is 43.8 Å². The van der Waals surface area contributed by atoms with Crippen LogP contribution in [-0.2, 0) is 18.6 Å². The van der Waals surface area contributed by atoms with Gasteiger partial charge in [0, 0.05) is 6.42 Å². The van der Waals surface area contributed by atoms with E-state index in [1.165, 1.54) is 27.5 Å².